The van der Waals surface area contributed by atoms with E-state index in [0.29, 0.717) is 36.0 Å². The van der Waals surface area contributed by atoms with Gasteiger partial charge in [-0.1, -0.05) is 50.2 Å². The van der Waals surface area contributed by atoms with Crippen LogP contribution in [0.4, 0.5) is 5.69 Å². The van der Waals surface area contributed by atoms with Gasteiger partial charge in [0.1, 0.15) is 11.4 Å². The van der Waals surface area contributed by atoms with Crippen molar-refractivity contribution in [2.45, 2.75) is 20.4 Å². The van der Waals surface area contributed by atoms with Crippen LogP contribution in [0.2, 0.25) is 0 Å². The van der Waals surface area contributed by atoms with Crippen molar-refractivity contribution in [3.05, 3.63) is 88.2 Å². The number of nitrogens with zero attached hydrogens (tertiary/aromatic N) is 2. The molecule has 0 saturated heterocycles. The molecule has 32 heavy (non-hydrogen) atoms. The van der Waals surface area contributed by atoms with E-state index in [1.54, 1.807) is 24.3 Å². The van der Waals surface area contributed by atoms with Gasteiger partial charge in [0.2, 0.25) is 0 Å². The molecule has 1 aliphatic rings. The third-order valence-electron chi connectivity index (χ3n) is 5.15. The number of thiophene rings is 1. The number of likely N-dealkylation sites (N-methyl/N-ethyl adjacent to an activating group) is 1. The first-order valence-electron chi connectivity index (χ1n) is 10.6. The van der Waals surface area contributed by atoms with Gasteiger partial charge in [-0.05, 0) is 47.2 Å². The number of hydrogen-bond donors (Lipinski definition) is 0. The van der Waals surface area contributed by atoms with Gasteiger partial charge in [-0.15, -0.1) is 11.3 Å². The largest absolute Gasteiger partial charge is 0.493 e. The van der Waals surface area contributed by atoms with E-state index in [-0.39, 0.29) is 11.8 Å². The van der Waals surface area contributed by atoms with Crippen molar-refractivity contribution in [2.24, 2.45) is 5.92 Å². The van der Waals surface area contributed by atoms with E-state index in [9.17, 15) is 9.59 Å². The molecule has 0 saturated carbocycles. The zero-order valence-electron chi connectivity index (χ0n) is 18.4. The van der Waals surface area contributed by atoms with Crippen LogP contribution in [0.25, 0.3) is 5.57 Å². The second-order valence-electron chi connectivity index (χ2n) is 8.19. The van der Waals surface area contributed by atoms with Gasteiger partial charge in [-0.3, -0.25) is 9.59 Å². The molecule has 0 N–H and O–H groups in total. The van der Waals surface area contributed by atoms with Gasteiger partial charge in [0.05, 0.1) is 17.9 Å². The van der Waals surface area contributed by atoms with Crippen LogP contribution < -0.4 is 9.64 Å². The zero-order chi connectivity index (χ0) is 22.7. The van der Waals surface area contributed by atoms with Crippen LogP contribution in [0, 0.1) is 5.92 Å². The van der Waals surface area contributed by atoms with E-state index in [4.69, 9.17) is 4.74 Å². The van der Waals surface area contributed by atoms with E-state index >= 15 is 0 Å². The summed E-state index contributed by atoms with van der Waals surface area (Å²) in [5.41, 5.74) is 2.47. The number of carbonyl (C=O) groups excluding carboxylic acids is 2. The second kappa shape index (κ2) is 9.40. The number of rotatable bonds is 8. The number of amides is 2. The topological polar surface area (TPSA) is 49.9 Å². The molecule has 0 radical (unpaired) electrons. The fraction of sp³-hybridized carbons (Fsp3) is 0.231. The van der Waals surface area contributed by atoms with Crippen molar-refractivity contribution in [1.82, 2.24) is 4.90 Å². The monoisotopic (exact) mass is 446 g/mol. The van der Waals surface area contributed by atoms with Crippen molar-refractivity contribution in [3.63, 3.8) is 0 Å². The lowest BCUT2D eigenvalue weighted by atomic mass is 10.1. The van der Waals surface area contributed by atoms with Gasteiger partial charge < -0.3 is 9.64 Å². The average molecular weight is 447 g/mol. The maximum absolute atomic E-state index is 13.5. The van der Waals surface area contributed by atoms with Gasteiger partial charge in [0.25, 0.3) is 11.8 Å². The summed E-state index contributed by atoms with van der Waals surface area (Å²) < 4.78 is 5.74. The maximum Gasteiger partial charge on any atom is 0.282 e. The van der Waals surface area contributed by atoms with Gasteiger partial charge in [0, 0.05) is 18.5 Å². The Morgan fingerprint density at radius 2 is 1.66 bits per heavy atom. The molecule has 2 heterocycles. The fourth-order valence-electron chi connectivity index (χ4n) is 3.64. The smallest absolute Gasteiger partial charge is 0.282 e. The van der Waals surface area contributed by atoms with E-state index < -0.39 is 0 Å². The predicted octanol–water partition coefficient (Wildman–Crippen LogP) is 5.20. The van der Waals surface area contributed by atoms with Gasteiger partial charge in [-0.25, -0.2) is 4.90 Å². The minimum absolute atomic E-state index is 0.303. The predicted molar refractivity (Wildman–Crippen MR) is 128 cm³/mol. The molecule has 0 spiro atoms. The molecule has 1 aromatic heterocycles. The van der Waals surface area contributed by atoms with Crippen LogP contribution in [0.15, 0.2) is 77.8 Å². The van der Waals surface area contributed by atoms with Gasteiger partial charge in [0.15, 0.2) is 0 Å². The maximum atomic E-state index is 13.5. The number of hydrogen-bond acceptors (Lipinski definition) is 5. The van der Waals surface area contributed by atoms with Crippen molar-refractivity contribution in [1.29, 1.82) is 0 Å². The lowest BCUT2D eigenvalue weighted by Crippen LogP contribution is -2.34. The average Bonchev–Trinajstić information content (AvgIpc) is 3.39. The summed E-state index contributed by atoms with van der Waals surface area (Å²) in [5, 5.41) is 1.92. The standard InChI is InChI=1S/C26H26N2O3S/c1-18(2)17-31-21-13-11-20(12-14-21)28-25(29)23(22-10-7-15-32-22)24(26(28)30)27(3)16-19-8-5-4-6-9-19/h4-15,18H,16-17H2,1-3H3. The van der Waals surface area contributed by atoms with Crippen LogP contribution in [-0.2, 0) is 16.1 Å². The van der Waals surface area contributed by atoms with Crippen molar-refractivity contribution >= 4 is 34.4 Å². The Labute approximate surface area is 192 Å². The zero-order valence-corrected chi connectivity index (χ0v) is 19.3. The second-order valence-corrected chi connectivity index (χ2v) is 9.13. The minimum Gasteiger partial charge on any atom is -0.493 e. The molecule has 0 atom stereocenters. The summed E-state index contributed by atoms with van der Waals surface area (Å²) in [6.07, 6.45) is 0. The molecule has 5 nitrogen and oxygen atoms in total. The number of benzene rings is 2. The Morgan fingerprint density at radius 3 is 2.28 bits per heavy atom. The normalized spacial score (nSPS) is 13.9. The first-order valence-corrected chi connectivity index (χ1v) is 11.5. The Morgan fingerprint density at radius 1 is 0.938 bits per heavy atom. The number of anilines is 1. The SMILES string of the molecule is CC(C)COc1ccc(N2C(=O)C(c3cccs3)=C(N(C)Cc3ccccc3)C2=O)cc1. The molecule has 0 bridgehead atoms. The molecular weight excluding hydrogens is 420 g/mol. The van der Waals surface area contributed by atoms with E-state index in [0.717, 1.165) is 16.2 Å². The molecule has 0 fully saturated rings. The molecular formula is C26H26N2O3S. The van der Waals surface area contributed by atoms with Gasteiger partial charge >= 0.3 is 0 Å². The summed E-state index contributed by atoms with van der Waals surface area (Å²) >= 11 is 1.46. The first kappa shape index (κ1) is 21.8. The van der Waals surface area contributed by atoms with Crippen molar-refractivity contribution in [2.75, 3.05) is 18.6 Å². The number of carbonyl (C=O) groups is 2. The molecule has 4 rings (SSSR count). The highest BCUT2D eigenvalue weighted by Gasteiger charge is 2.42. The summed E-state index contributed by atoms with van der Waals surface area (Å²) in [5.74, 6) is 0.516. The lowest BCUT2D eigenvalue weighted by molar-refractivity contribution is -0.120. The summed E-state index contributed by atoms with van der Waals surface area (Å²) in [4.78, 5) is 30.9. The Bertz CT molecular complexity index is 1120. The Kier molecular flexibility index (Phi) is 6.42. The summed E-state index contributed by atoms with van der Waals surface area (Å²) in [6, 6.07) is 20.8. The van der Waals surface area contributed by atoms with Crippen molar-refractivity contribution in [3.8, 4) is 5.75 Å². The molecule has 2 aromatic carbocycles. The van der Waals surface area contributed by atoms with E-state index in [1.807, 2.05) is 59.8 Å². The Balaban J connectivity index is 1.65. The Hall–Kier alpha value is -3.38. The number of ether oxygens (including phenoxy) is 1. The van der Waals surface area contributed by atoms with Gasteiger partial charge in [-0.2, -0.15) is 0 Å². The third kappa shape index (κ3) is 4.46. The van der Waals surface area contributed by atoms with Crippen LogP contribution in [0.3, 0.4) is 0 Å². The van der Waals surface area contributed by atoms with Crippen LogP contribution in [0.1, 0.15) is 24.3 Å². The lowest BCUT2D eigenvalue weighted by Gasteiger charge is -2.21. The molecule has 6 heteroatoms. The van der Waals surface area contributed by atoms with E-state index in [2.05, 4.69) is 13.8 Å². The molecule has 2 amide bonds. The highest BCUT2D eigenvalue weighted by atomic mass is 32.1. The molecule has 0 aliphatic carbocycles. The molecule has 0 unspecified atom stereocenters. The quantitative estimate of drug-likeness (QED) is 0.446. The fourth-order valence-corrected chi connectivity index (χ4v) is 4.40. The summed E-state index contributed by atoms with van der Waals surface area (Å²) in [7, 11) is 1.85. The first-order chi connectivity index (χ1) is 15.5. The summed E-state index contributed by atoms with van der Waals surface area (Å²) in [6.45, 7) is 5.31. The van der Waals surface area contributed by atoms with Crippen LogP contribution in [0.5, 0.6) is 5.75 Å². The molecule has 3 aromatic rings. The highest BCUT2D eigenvalue weighted by Crippen LogP contribution is 2.37. The minimum atomic E-state index is -0.312. The van der Waals surface area contributed by atoms with Crippen LogP contribution >= 0.6 is 11.3 Å². The van der Waals surface area contributed by atoms with E-state index in [1.165, 1.54) is 16.2 Å². The highest BCUT2D eigenvalue weighted by molar-refractivity contribution is 7.11. The molecule has 1 aliphatic heterocycles. The third-order valence-corrected chi connectivity index (χ3v) is 6.04. The van der Waals surface area contributed by atoms with Crippen LogP contribution in [-0.4, -0.2) is 30.4 Å². The van der Waals surface area contributed by atoms with Crippen molar-refractivity contribution < 1.29 is 14.3 Å². The molecule has 164 valence electrons. The number of imide groups is 1.